The summed E-state index contributed by atoms with van der Waals surface area (Å²) in [5, 5.41) is 9.86. The van der Waals surface area contributed by atoms with Gasteiger partial charge in [0.15, 0.2) is 5.78 Å². The maximum absolute atomic E-state index is 11.8. The first-order valence-electron chi connectivity index (χ1n) is 7.17. The molecule has 1 aromatic heterocycles. The van der Waals surface area contributed by atoms with Crippen LogP contribution in [0.3, 0.4) is 0 Å². The Morgan fingerprint density at radius 3 is 2.76 bits per heavy atom. The fourth-order valence-corrected chi connectivity index (χ4v) is 2.07. The summed E-state index contributed by atoms with van der Waals surface area (Å²) in [7, 11) is 1.57. The van der Waals surface area contributed by atoms with E-state index >= 15 is 0 Å². The van der Waals surface area contributed by atoms with E-state index < -0.39 is 11.4 Å². The molecule has 1 atom stereocenters. The van der Waals surface area contributed by atoms with Crippen LogP contribution in [0.2, 0.25) is 0 Å². The second-order valence-corrected chi connectivity index (χ2v) is 4.97. The van der Waals surface area contributed by atoms with Gasteiger partial charge >= 0.3 is 5.63 Å². The van der Waals surface area contributed by atoms with Crippen LogP contribution in [0.25, 0.3) is 0 Å². The normalized spacial score (nSPS) is 12.3. The zero-order valence-corrected chi connectivity index (χ0v) is 12.8. The van der Waals surface area contributed by atoms with Crippen molar-refractivity contribution in [3.63, 3.8) is 0 Å². The van der Waals surface area contributed by atoms with Crippen LogP contribution in [-0.2, 0) is 4.84 Å². The molecule has 0 spiro atoms. The first kappa shape index (κ1) is 17.4. The molecular formula is C15H23NO5. The molecule has 1 rings (SSSR count). The zero-order valence-electron chi connectivity index (χ0n) is 12.8. The maximum atomic E-state index is 11.8. The first-order valence-corrected chi connectivity index (χ1v) is 7.17. The van der Waals surface area contributed by atoms with Crippen molar-refractivity contribution in [1.82, 2.24) is 5.48 Å². The van der Waals surface area contributed by atoms with Crippen molar-refractivity contribution in [2.24, 2.45) is 0 Å². The number of aromatic hydroxyl groups is 1. The molecule has 0 radical (unpaired) electrons. The van der Waals surface area contributed by atoms with E-state index in [9.17, 15) is 14.7 Å². The molecule has 0 aromatic carbocycles. The SMILES string of the molecule is CCC(=O)c1c(O)cc(C(C)CCCCNOC)oc1=O. The number of hydroxylamine groups is 1. The standard InChI is InChI=1S/C15H23NO5/c1-4-11(17)14-12(18)9-13(21-15(14)19)10(2)7-5-6-8-16-20-3/h9-10,16,18H,4-8H2,1-3H3. The summed E-state index contributed by atoms with van der Waals surface area (Å²) < 4.78 is 5.18. The second kappa shape index (κ2) is 8.59. The van der Waals surface area contributed by atoms with Gasteiger partial charge in [-0.15, -0.1) is 0 Å². The molecule has 0 aliphatic carbocycles. The number of nitrogens with one attached hydrogen (secondary N) is 1. The lowest BCUT2D eigenvalue weighted by Gasteiger charge is -2.11. The molecule has 2 N–H and O–H groups in total. The van der Waals surface area contributed by atoms with Gasteiger partial charge < -0.3 is 14.4 Å². The molecule has 0 fully saturated rings. The molecule has 0 aliphatic rings. The lowest BCUT2D eigenvalue weighted by molar-refractivity contribution is 0.0903. The summed E-state index contributed by atoms with van der Waals surface area (Å²) in [6.45, 7) is 4.30. The summed E-state index contributed by atoms with van der Waals surface area (Å²) in [6, 6.07) is 1.38. The van der Waals surface area contributed by atoms with Crippen LogP contribution in [0.15, 0.2) is 15.3 Å². The summed E-state index contributed by atoms with van der Waals surface area (Å²) in [5.41, 5.74) is 1.74. The Bertz CT molecular complexity index is 523. The zero-order chi connectivity index (χ0) is 15.8. The molecule has 1 aromatic rings. The minimum Gasteiger partial charge on any atom is -0.507 e. The Morgan fingerprint density at radius 1 is 1.48 bits per heavy atom. The Morgan fingerprint density at radius 2 is 2.19 bits per heavy atom. The van der Waals surface area contributed by atoms with Crippen LogP contribution in [-0.4, -0.2) is 24.5 Å². The van der Waals surface area contributed by atoms with Crippen molar-refractivity contribution in [3.8, 4) is 5.75 Å². The van der Waals surface area contributed by atoms with E-state index in [4.69, 9.17) is 9.25 Å². The fraction of sp³-hybridized carbons (Fsp3) is 0.600. The molecule has 6 heteroatoms. The fourth-order valence-electron chi connectivity index (χ4n) is 2.07. The summed E-state index contributed by atoms with van der Waals surface area (Å²) in [4.78, 5) is 28.1. The molecular weight excluding hydrogens is 274 g/mol. The highest BCUT2D eigenvalue weighted by molar-refractivity contribution is 5.97. The number of hydrogen-bond donors (Lipinski definition) is 2. The molecule has 118 valence electrons. The number of rotatable bonds is 9. The molecule has 0 aliphatic heterocycles. The molecule has 21 heavy (non-hydrogen) atoms. The van der Waals surface area contributed by atoms with E-state index in [-0.39, 0.29) is 23.7 Å². The Labute approximate surface area is 124 Å². The van der Waals surface area contributed by atoms with Gasteiger partial charge in [-0.1, -0.05) is 20.3 Å². The van der Waals surface area contributed by atoms with Crippen LogP contribution in [0.1, 0.15) is 61.6 Å². The summed E-state index contributed by atoms with van der Waals surface area (Å²) in [6.07, 6.45) is 2.83. The summed E-state index contributed by atoms with van der Waals surface area (Å²) >= 11 is 0. The highest BCUT2D eigenvalue weighted by atomic mass is 16.6. The van der Waals surface area contributed by atoms with Gasteiger partial charge in [0.2, 0.25) is 0 Å². The van der Waals surface area contributed by atoms with Gasteiger partial charge in [-0.25, -0.2) is 10.3 Å². The van der Waals surface area contributed by atoms with Gasteiger partial charge in [-0.3, -0.25) is 4.79 Å². The minimum atomic E-state index is -0.759. The van der Waals surface area contributed by atoms with E-state index in [0.717, 1.165) is 25.8 Å². The van der Waals surface area contributed by atoms with Crippen LogP contribution < -0.4 is 11.1 Å². The first-order chi connectivity index (χ1) is 10.0. The molecule has 6 nitrogen and oxygen atoms in total. The van der Waals surface area contributed by atoms with Crippen molar-refractivity contribution >= 4 is 5.78 Å². The largest absolute Gasteiger partial charge is 0.507 e. The predicted octanol–water partition coefficient (Wildman–Crippen LogP) is 2.36. The van der Waals surface area contributed by atoms with E-state index in [0.29, 0.717) is 5.76 Å². The third-order valence-electron chi connectivity index (χ3n) is 3.35. The van der Waals surface area contributed by atoms with Crippen molar-refractivity contribution in [2.45, 2.75) is 45.4 Å². The lowest BCUT2D eigenvalue weighted by Crippen LogP contribution is -2.15. The van der Waals surface area contributed by atoms with Crippen LogP contribution in [0.4, 0.5) is 0 Å². The van der Waals surface area contributed by atoms with E-state index in [1.165, 1.54) is 6.07 Å². The average Bonchev–Trinajstić information content (AvgIpc) is 2.45. The number of carbonyl (C=O) groups is 1. The van der Waals surface area contributed by atoms with Crippen molar-refractivity contribution in [3.05, 3.63) is 27.8 Å². The van der Waals surface area contributed by atoms with Crippen LogP contribution in [0.5, 0.6) is 5.75 Å². The summed E-state index contributed by atoms with van der Waals surface area (Å²) in [5.74, 6) is -0.297. The monoisotopic (exact) mass is 297 g/mol. The molecule has 0 saturated carbocycles. The smallest absolute Gasteiger partial charge is 0.350 e. The third kappa shape index (κ3) is 4.99. The predicted molar refractivity (Wildman–Crippen MR) is 78.5 cm³/mol. The van der Waals surface area contributed by atoms with Crippen LogP contribution in [0, 0.1) is 0 Å². The number of unbranched alkanes of at least 4 members (excludes halogenated alkanes) is 1. The average molecular weight is 297 g/mol. The van der Waals surface area contributed by atoms with Gasteiger partial charge in [-0.2, -0.15) is 0 Å². The number of carbonyl (C=O) groups excluding carboxylic acids is 1. The van der Waals surface area contributed by atoms with E-state index in [2.05, 4.69) is 5.48 Å². The quantitative estimate of drug-likeness (QED) is 0.413. The molecule has 0 bridgehead atoms. The van der Waals surface area contributed by atoms with Gasteiger partial charge in [-0.05, 0) is 12.8 Å². The molecule has 0 saturated heterocycles. The lowest BCUT2D eigenvalue weighted by atomic mass is 10.00. The Balaban J connectivity index is 2.71. The highest BCUT2D eigenvalue weighted by Crippen LogP contribution is 2.25. The highest BCUT2D eigenvalue weighted by Gasteiger charge is 2.19. The molecule has 0 amide bonds. The number of Topliss-reactive ketones (excluding diaryl/α,β-unsaturated/α-hetero) is 1. The van der Waals surface area contributed by atoms with E-state index in [1.54, 1.807) is 14.0 Å². The number of ketones is 1. The Kier molecular flexibility index (Phi) is 7.11. The third-order valence-corrected chi connectivity index (χ3v) is 3.35. The Hall–Kier alpha value is -1.66. The molecule has 1 heterocycles. The van der Waals surface area contributed by atoms with E-state index in [1.807, 2.05) is 6.92 Å². The van der Waals surface area contributed by atoms with Gasteiger partial charge in [0.25, 0.3) is 0 Å². The molecule has 1 unspecified atom stereocenters. The topological polar surface area (TPSA) is 88.8 Å². The minimum absolute atomic E-state index is 0.00285. The van der Waals surface area contributed by atoms with Crippen molar-refractivity contribution in [2.75, 3.05) is 13.7 Å². The van der Waals surface area contributed by atoms with Gasteiger partial charge in [0.1, 0.15) is 17.1 Å². The second-order valence-electron chi connectivity index (χ2n) is 4.97. The van der Waals surface area contributed by atoms with Crippen molar-refractivity contribution in [1.29, 1.82) is 0 Å². The van der Waals surface area contributed by atoms with Gasteiger partial charge in [0.05, 0.1) is 7.11 Å². The van der Waals surface area contributed by atoms with Crippen LogP contribution >= 0.6 is 0 Å². The number of hydrogen-bond acceptors (Lipinski definition) is 6. The maximum Gasteiger partial charge on any atom is 0.350 e. The van der Waals surface area contributed by atoms with Gasteiger partial charge in [0, 0.05) is 24.9 Å². The van der Waals surface area contributed by atoms with Crippen molar-refractivity contribution < 1.29 is 19.2 Å².